The third kappa shape index (κ3) is 3.32. The molecular formula is C15H23N3O. The van der Waals surface area contributed by atoms with Crippen LogP contribution in [-0.4, -0.2) is 34.9 Å². The zero-order valence-corrected chi connectivity index (χ0v) is 11.9. The van der Waals surface area contributed by atoms with E-state index in [1.54, 1.807) is 0 Å². The van der Waals surface area contributed by atoms with Crippen molar-refractivity contribution in [1.29, 1.82) is 0 Å². The first kappa shape index (κ1) is 14.0. The largest absolute Gasteiger partial charge is 0.335 e. The highest BCUT2D eigenvalue weighted by atomic mass is 16.2. The van der Waals surface area contributed by atoms with Gasteiger partial charge in [-0.1, -0.05) is 19.9 Å². The smallest absolute Gasteiger partial charge is 0.240 e. The number of hydrogen-bond donors (Lipinski definition) is 1. The van der Waals surface area contributed by atoms with Crippen LogP contribution in [0.15, 0.2) is 18.3 Å². The highest BCUT2D eigenvalue weighted by Crippen LogP contribution is 2.16. The third-order valence-corrected chi connectivity index (χ3v) is 3.64. The van der Waals surface area contributed by atoms with E-state index in [0.717, 1.165) is 38.0 Å². The van der Waals surface area contributed by atoms with Gasteiger partial charge in [-0.3, -0.25) is 9.78 Å². The van der Waals surface area contributed by atoms with E-state index in [4.69, 9.17) is 0 Å². The number of hydrogen-bond acceptors (Lipinski definition) is 3. The lowest BCUT2D eigenvalue weighted by Gasteiger charge is -2.18. The lowest BCUT2D eigenvalue weighted by molar-refractivity contribution is -0.129. The van der Waals surface area contributed by atoms with Crippen LogP contribution in [0.5, 0.6) is 0 Å². The van der Waals surface area contributed by atoms with E-state index in [9.17, 15) is 4.79 Å². The minimum Gasteiger partial charge on any atom is -0.335 e. The maximum atomic E-state index is 12.3. The molecule has 1 aliphatic rings. The second-order valence-electron chi connectivity index (χ2n) is 5.02. The molecule has 4 heteroatoms. The Labute approximate surface area is 115 Å². The second kappa shape index (κ2) is 6.66. The minimum absolute atomic E-state index is 0.00809. The van der Waals surface area contributed by atoms with Crippen LogP contribution >= 0.6 is 0 Å². The van der Waals surface area contributed by atoms with Gasteiger partial charge in [-0.25, -0.2) is 0 Å². The highest BCUT2D eigenvalue weighted by Gasteiger charge is 2.31. The molecule has 4 nitrogen and oxygen atoms in total. The first-order chi connectivity index (χ1) is 9.26. The van der Waals surface area contributed by atoms with E-state index < -0.39 is 0 Å². The lowest BCUT2D eigenvalue weighted by atomic mass is 10.1. The summed E-state index contributed by atoms with van der Waals surface area (Å²) in [6.07, 6.45) is 4.74. The number of nitrogens with one attached hydrogen (secondary N) is 1. The normalized spacial score (nSPS) is 19.2. The van der Waals surface area contributed by atoms with Crippen LogP contribution < -0.4 is 5.32 Å². The Morgan fingerprint density at radius 1 is 1.47 bits per heavy atom. The monoisotopic (exact) mass is 261 g/mol. The SMILES string of the molecule is CCCNC1CCN(Cc2ncccc2CC)C1=O. The number of carbonyl (C=O) groups is 1. The Kier molecular flexibility index (Phi) is 4.91. The Morgan fingerprint density at radius 2 is 2.32 bits per heavy atom. The zero-order valence-electron chi connectivity index (χ0n) is 11.9. The molecule has 1 amide bonds. The van der Waals surface area contributed by atoms with Gasteiger partial charge in [-0.2, -0.15) is 0 Å². The molecule has 0 spiro atoms. The van der Waals surface area contributed by atoms with E-state index in [1.807, 2.05) is 17.2 Å². The van der Waals surface area contributed by atoms with E-state index in [0.29, 0.717) is 6.54 Å². The number of likely N-dealkylation sites (tertiary alicyclic amines) is 1. The number of nitrogens with zero attached hydrogens (tertiary/aromatic N) is 2. The van der Waals surface area contributed by atoms with Crippen molar-refractivity contribution in [1.82, 2.24) is 15.2 Å². The van der Waals surface area contributed by atoms with E-state index in [1.165, 1.54) is 5.56 Å². The van der Waals surface area contributed by atoms with E-state index >= 15 is 0 Å². The van der Waals surface area contributed by atoms with Crippen LogP contribution in [0.1, 0.15) is 37.9 Å². The van der Waals surface area contributed by atoms with Crippen molar-refractivity contribution < 1.29 is 4.79 Å². The van der Waals surface area contributed by atoms with Gasteiger partial charge in [0.25, 0.3) is 0 Å². The molecule has 1 atom stereocenters. The van der Waals surface area contributed by atoms with E-state index in [-0.39, 0.29) is 11.9 Å². The summed E-state index contributed by atoms with van der Waals surface area (Å²) < 4.78 is 0. The van der Waals surface area contributed by atoms with Crippen molar-refractivity contribution in [2.75, 3.05) is 13.1 Å². The minimum atomic E-state index is 0.00809. The van der Waals surface area contributed by atoms with Gasteiger partial charge in [0.15, 0.2) is 0 Å². The Balaban J connectivity index is 1.98. The third-order valence-electron chi connectivity index (χ3n) is 3.64. The summed E-state index contributed by atoms with van der Waals surface area (Å²) in [6.45, 7) is 6.63. The summed E-state index contributed by atoms with van der Waals surface area (Å²) in [5.41, 5.74) is 2.27. The van der Waals surface area contributed by atoms with Gasteiger partial charge in [0.05, 0.1) is 18.3 Å². The molecule has 1 fully saturated rings. The standard InChI is InChI=1S/C15H23N3O/c1-3-8-16-13-7-10-18(15(13)19)11-14-12(4-2)6-5-9-17-14/h5-6,9,13,16H,3-4,7-8,10-11H2,1-2H3. The van der Waals surface area contributed by atoms with Crippen LogP contribution in [-0.2, 0) is 17.8 Å². The molecule has 2 heterocycles. The maximum absolute atomic E-state index is 12.3. The van der Waals surface area contributed by atoms with Gasteiger partial charge >= 0.3 is 0 Å². The fourth-order valence-corrected chi connectivity index (χ4v) is 2.52. The zero-order chi connectivity index (χ0) is 13.7. The summed E-state index contributed by atoms with van der Waals surface area (Å²) in [5.74, 6) is 0.223. The fourth-order valence-electron chi connectivity index (χ4n) is 2.52. The van der Waals surface area contributed by atoms with Crippen molar-refractivity contribution in [3.63, 3.8) is 0 Å². The lowest BCUT2D eigenvalue weighted by Crippen LogP contribution is -2.38. The summed E-state index contributed by atoms with van der Waals surface area (Å²) in [7, 11) is 0. The molecule has 0 aromatic carbocycles. The first-order valence-corrected chi connectivity index (χ1v) is 7.21. The topological polar surface area (TPSA) is 45.2 Å². The number of amides is 1. The summed E-state index contributed by atoms with van der Waals surface area (Å²) in [4.78, 5) is 18.6. The Morgan fingerprint density at radius 3 is 3.05 bits per heavy atom. The molecule has 1 N–H and O–H groups in total. The quantitative estimate of drug-likeness (QED) is 0.848. The summed E-state index contributed by atoms with van der Waals surface area (Å²) >= 11 is 0. The predicted molar refractivity (Wildman–Crippen MR) is 75.7 cm³/mol. The molecule has 1 aromatic heterocycles. The molecule has 0 radical (unpaired) electrons. The van der Waals surface area contributed by atoms with Crippen LogP contribution in [0.3, 0.4) is 0 Å². The number of carbonyl (C=O) groups excluding carboxylic acids is 1. The average molecular weight is 261 g/mol. The van der Waals surface area contributed by atoms with Crippen molar-refractivity contribution in [3.8, 4) is 0 Å². The molecular weight excluding hydrogens is 238 g/mol. The highest BCUT2D eigenvalue weighted by molar-refractivity contribution is 5.83. The van der Waals surface area contributed by atoms with E-state index in [2.05, 4.69) is 30.2 Å². The Hall–Kier alpha value is -1.42. The molecule has 19 heavy (non-hydrogen) atoms. The van der Waals surface area contributed by atoms with Gasteiger partial charge < -0.3 is 10.2 Å². The molecule has 0 saturated carbocycles. The van der Waals surface area contributed by atoms with Crippen LogP contribution in [0.25, 0.3) is 0 Å². The molecule has 1 unspecified atom stereocenters. The van der Waals surface area contributed by atoms with Gasteiger partial charge in [-0.05, 0) is 37.4 Å². The van der Waals surface area contributed by atoms with Crippen molar-refractivity contribution >= 4 is 5.91 Å². The van der Waals surface area contributed by atoms with Gasteiger partial charge in [-0.15, -0.1) is 0 Å². The van der Waals surface area contributed by atoms with Crippen LogP contribution in [0, 0.1) is 0 Å². The molecule has 0 aliphatic carbocycles. The van der Waals surface area contributed by atoms with Gasteiger partial charge in [0.1, 0.15) is 0 Å². The van der Waals surface area contributed by atoms with Crippen molar-refractivity contribution in [3.05, 3.63) is 29.6 Å². The molecule has 1 saturated heterocycles. The van der Waals surface area contributed by atoms with Crippen molar-refractivity contribution in [2.45, 2.75) is 45.7 Å². The molecule has 2 rings (SSSR count). The molecule has 104 valence electrons. The fraction of sp³-hybridized carbons (Fsp3) is 0.600. The van der Waals surface area contributed by atoms with Gasteiger partial charge in [0, 0.05) is 12.7 Å². The summed E-state index contributed by atoms with van der Waals surface area (Å²) in [5, 5.41) is 3.31. The maximum Gasteiger partial charge on any atom is 0.240 e. The first-order valence-electron chi connectivity index (χ1n) is 7.21. The molecule has 1 aromatic rings. The number of aryl methyl sites for hydroxylation is 1. The predicted octanol–water partition coefficient (Wildman–Crippen LogP) is 1.74. The average Bonchev–Trinajstić information content (AvgIpc) is 2.78. The van der Waals surface area contributed by atoms with Gasteiger partial charge in [0.2, 0.25) is 5.91 Å². The summed E-state index contributed by atoms with van der Waals surface area (Å²) in [6, 6.07) is 4.06. The van der Waals surface area contributed by atoms with Crippen molar-refractivity contribution in [2.24, 2.45) is 0 Å². The second-order valence-corrected chi connectivity index (χ2v) is 5.02. The molecule has 1 aliphatic heterocycles. The van der Waals surface area contributed by atoms with Crippen LogP contribution in [0.2, 0.25) is 0 Å². The molecule has 0 bridgehead atoms. The Bertz CT molecular complexity index is 433. The number of aromatic nitrogens is 1. The van der Waals surface area contributed by atoms with Crippen LogP contribution in [0.4, 0.5) is 0 Å². The number of rotatable bonds is 6. The number of pyridine rings is 1.